The van der Waals surface area contributed by atoms with Crippen LogP contribution in [0.5, 0.6) is 17.2 Å². The van der Waals surface area contributed by atoms with E-state index in [1.54, 1.807) is 25.3 Å². The van der Waals surface area contributed by atoms with Gasteiger partial charge in [0.15, 0.2) is 0 Å². The summed E-state index contributed by atoms with van der Waals surface area (Å²) in [5, 5.41) is 3.02. The standard InChI is InChI=1S/C20H21NO5/c1-23-13-5-4-6-14(11-13)26-17-8-3-2-7-15(17)20(22)21-16-12-25-18-9-10-24-19(16)18/h2-8,11,16,18-19H,9-10,12H2,1H3,(H,21,22)/t16-,18+,19+/m0/s1. The fraction of sp³-hybridized carbons (Fsp3) is 0.350. The molecule has 0 aromatic heterocycles. The van der Waals surface area contributed by atoms with Gasteiger partial charge in [0, 0.05) is 12.7 Å². The molecule has 2 heterocycles. The summed E-state index contributed by atoms with van der Waals surface area (Å²) in [6.07, 6.45) is 0.904. The van der Waals surface area contributed by atoms with E-state index in [1.165, 1.54) is 0 Å². The van der Waals surface area contributed by atoms with E-state index in [9.17, 15) is 4.79 Å². The Morgan fingerprint density at radius 3 is 2.85 bits per heavy atom. The number of amides is 1. The first-order valence-electron chi connectivity index (χ1n) is 8.69. The van der Waals surface area contributed by atoms with Gasteiger partial charge in [-0.05, 0) is 30.7 Å². The van der Waals surface area contributed by atoms with Gasteiger partial charge in [-0.2, -0.15) is 0 Å². The maximum atomic E-state index is 12.8. The molecule has 6 heteroatoms. The quantitative estimate of drug-likeness (QED) is 0.893. The second-order valence-electron chi connectivity index (χ2n) is 6.35. The van der Waals surface area contributed by atoms with E-state index in [0.29, 0.717) is 36.0 Å². The largest absolute Gasteiger partial charge is 0.497 e. The molecule has 2 aliphatic rings. The third kappa shape index (κ3) is 3.38. The molecule has 2 fully saturated rings. The van der Waals surface area contributed by atoms with E-state index in [4.69, 9.17) is 18.9 Å². The van der Waals surface area contributed by atoms with Gasteiger partial charge in [0.05, 0.1) is 31.4 Å². The van der Waals surface area contributed by atoms with Gasteiger partial charge in [-0.1, -0.05) is 18.2 Å². The second-order valence-corrected chi connectivity index (χ2v) is 6.35. The van der Waals surface area contributed by atoms with Crippen molar-refractivity contribution < 1.29 is 23.7 Å². The monoisotopic (exact) mass is 355 g/mol. The summed E-state index contributed by atoms with van der Waals surface area (Å²) in [5.74, 6) is 1.58. The Bertz CT molecular complexity index is 793. The van der Waals surface area contributed by atoms with Crippen LogP contribution in [0, 0.1) is 0 Å². The molecular weight excluding hydrogens is 334 g/mol. The SMILES string of the molecule is COc1cccc(Oc2ccccc2C(=O)N[C@H]2CO[C@@H]3CCO[C@H]23)c1. The number of para-hydroxylation sites is 1. The van der Waals surface area contributed by atoms with Crippen molar-refractivity contribution in [3.63, 3.8) is 0 Å². The molecule has 2 aliphatic heterocycles. The molecule has 0 radical (unpaired) electrons. The zero-order chi connectivity index (χ0) is 17.9. The molecule has 0 bridgehead atoms. The minimum Gasteiger partial charge on any atom is -0.497 e. The van der Waals surface area contributed by atoms with Crippen LogP contribution < -0.4 is 14.8 Å². The lowest BCUT2D eigenvalue weighted by molar-refractivity contribution is 0.0655. The van der Waals surface area contributed by atoms with Crippen molar-refractivity contribution in [2.75, 3.05) is 20.3 Å². The van der Waals surface area contributed by atoms with Gasteiger partial charge in [0.1, 0.15) is 23.4 Å². The van der Waals surface area contributed by atoms with Crippen molar-refractivity contribution >= 4 is 5.91 Å². The number of methoxy groups -OCH3 is 1. The molecule has 1 amide bonds. The summed E-state index contributed by atoms with van der Waals surface area (Å²) in [7, 11) is 1.60. The zero-order valence-electron chi connectivity index (χ0n) is 14.5. The van der Waals surface area contributed by atoms with Crippen molar-refractivity contribution in [1.82, 2.24) is 5.32 Å². The molecule has 26 heavy (non-hydrogen) atoms. The molecule has 0 unspecified atom stereocenters. The number of fused-ring (bicyclic) bond motifs is 1. The molecule has 0 saturated carbocycles. The Labute approximate surface area is 152 Å². The third-order valence-electron chi connectivity index (χ3n) is 4.68. The molecular formula is C20H21NO5. The molecule has 4 rings (SSSR count). The maximum Gasteiger partial charge on any atom is 0.255 e. The molecule has 3 atom stereocenters. The van der Waals surface area contributed by atoms with Crippen LogP contribution in [0.2, 0.25) is 0 Å². The number of rotatable bonds is 5. The van der Waals surface area contributed by atoms with Crippen molar-refractivity contribution in [3.05, 3.63) is 54.1 Å². The average Bonchev–Trinajstić information content (AvgIpc) is 3.27. The summed E-state index contributed by atoms with van der Waals surface area (Å²) >= 11 is 0. The lowest BCUT2D eigenvalue weighted by Crippen LogP contribution is -2.43. The van der Waals surface area contributed by atoms with Crippen molar-refractivity contribution in [2.24, 2.45) is 0 Å². The number of nitrogens with one attached hydrogen (secondary N) is 1. The number of carbonyl (C=O) groups is 1. The van der Waals surface area contributed by atoms with Gasteiger partial charge in [-0.25, -0.2) is 0 Å². The Morgan fingerprint density at radius 2 is 1.96 bits per heavy atom. The van der Waals surface area contributed by atoms with Crippen LogP contribution in [-0.2, 0) is 9.47 Å². The molecule has 0 aliphatic carbocycles. The average molecular weight is 355 g/mol. The molecule has 2 saturated heterocycles. The van der Waals surface area contributed by atoms with Gasteiger partial charge in [-0.15, -0.1) is 0 Å². The maximum absolute atomic E-state index is 12.8. The highest BCUT2D eigenvalue weighted by Gasteiger charge is 2.42. The summed E-state index contributed by atoms with van der Waals surface area (Å²) in [6.45, 7) is 1.15. The van der Waals surface area contributed by atoms with Gasteiger partial charge in [0.25, 0.3) is 5.91 Å². The predicted octanol–water partition coefficient (Wildman–Crippen LogP) is 2.77. The summed E-state index contributed by atoms with van der Waals surface area (Å²) in [5.41, 5.74) is 0.469. The number of carbonyl (C=O) groups excluding carboxylic acids is 1. The van der Waals surface area contributed by atoms with Gasteiger partial charge in [0.2, 0.25) is 0 Å². The number of hydrogen-bond donors (Lipinski definition) is 1. The number of benzene rings is 2. The summed E-state index contributed by atoms with van der Waals surface area (Å²) in [4.78, 5) is 12.8. The van der Waals surface area contributed by atoms with Gasteiger partial charge >= 0.3 is 0 Å². The second kappa shape index (κ2) is 7.35. The molecule has 2 aromatic rings. The van der Waals surface area contributed by atoms with Crippen LogP contribution in [0.3, 0.4) is 0 Å². The Morgan fingerprint density at radius 1 is 1.12 bits per heavy atom. The zero-order valence-corrected chi connectivity index (χ0v) is 14.5. The van der Waals surface area contributed by atoms with Crippen molar-refractivity contribution in [1.29, 1.82) is 0 Å². The van der Waals surface area contributed by atoms with E-state index < -0.39 is 0 Å². The molecule has 1 N–H and O–H groups in total. The number of ether oxygens (including phenoxy) is 4. The minimum atomic E-state index is -0.201. The highest BCUT2D eigenvalue weighted by Crippen LogP contribution is 2.29. The van der Waals surface area contributed by atoms with Crippen LogP contribution in [0.25, 0.3) is 0 Å². The van der Waals surface area contributed by atoms with E-state index in [0.717, 1.165) is 6.42 Å². The first kappa shape index (κ1) is 16.9. The lowest BCUT2D eigenvalue weighted by Gasteiger charge is -2.18. The van der Waals surface area contributed by atoms with Gasteiger partial charge < -0.3 is 24.3 Å². The normalized spacial score (nSPS) is 24.1. The Balaban J connectivity index is 1.50. The van der Waals surface area contributed by atoms with Gasteiger partial charge in [-0.3, -0.25) is 4.79 Å². The first-order valence-corrected chi connectivity index (χ1v) is 8.69. The third-order valence-corrected chi connectivity index (χ3v) is 4.68. The van der Waals surface area contributed by atoms with Crippen LogP contribution in [-0.4, -0.2) is 44.5 Å². The fourth-order valence-corrected chi connectivity index (χ4v) is 3.37. The minimum absolute atomic E-state index is 0.0644. The van der Waals surface area contributed by atoms with E-state index in [-0.39, 0.29) is 24.2 Å². The molecule has 136 valence electrons. The lowest BCUT2D eigenvalue weighted by atomic mass is 10.1. The summed E-state index contributed by atoms with van der Waals surface area (Å²) in [6, 6.07) is 14.3. The van der Waals surface area contributed by atoms with E-state index >= 15 is 0 Å². The smallest absolute Gasteiger partial charge is 0.255 e. The van der Waals surface area contributed by atoms with Crippen molar-refractivity contribution in [2.45, 2.75) is 24.7 Å². The summed E-state index contributed by atoms with van der Waals surface area (Å²) < 4.78 is 22.5. The van der Waals surface area contributed by atoms with Crippen LogP contribution in [0.4, 0.5) is 0 Å². The Hall–Kier alpha value is -2.57. The van der Waals surface area contributed by atoms with E-state index in [2.05, 4.69) is 5.32 Å². The number of hydrogen-bond acceptors (Lipinski definition) is 5. The van der Waals surface area contributed by atoms with Crippen LogP contribution in [0.15, 0.2) is 48.5 Å². The van der Waals surface area contributed by atoms with E-state index in [1.807, 2.05) is 30.3 Å². The van der Waals surface area contributed by atoms with Crippen LogP contribution >= 0.6 is 0 Å². The molecule has 0 spiro atoms. The highest BCUT2D eigenvalue weighted by atomic mass is 16.6. The van der Waals surface area contributed by atoms with Crippen molar-refractivity contribution in [3.8, 4) is 17.2 Å². The molecule has 6 nitrogen and oxygen atoms in total. The predicted molar refractivity (Wildman–Crippen MR) is 94.9 cm³/mol. The first-order chi connectivity index (χ1) is 12.7. The Kier molecular flexibility index (Phi) is 4.77. The highest BCUT2D eigenvalue weighted by molar-refractivity contribution is 5.97. The molecule has 2 aromatic carbocycles. The fourth-order valence-electron chi connectivity index (χ4n) is 3.37. The van der Waals surface area contributed by atoms with Crippen LogP contribution in [0.1, 0.15) is 16.8 Å². The topological polar surface area (TPSA) is 66.0 Å².